The van der Waals surface area contributed by atoms with Gasteiger partial charge in [-0.1, -0.05) is 37.6 Å². The van der Waals surface area contributed by atoms with E-state index in [9.17, 15) is 0 Å². The van der Waals surface area contributed by atoms with Crippen LogP contribution in [0.2, 0.25) is 0 Å². The molecule has 0 aromatic heterocycles. The van der Waals surface area contributed by atoms with Gasteiger partial charge in [0.25, 0.3) is 0 Å². The van der Waals surface area contributed by atoms with E-state index in [-0.39, 0.29) is 0 Å². The predicted molar refractivity (Wildman–Crippen MR) is 74.5 cm³/mol. The summed E-state index contributed by atoms with van der Waals surface area (Å²) in [6.07, 6.45) is 2.54. The molecule has 0 heterocycles. The maximum Gasteiger partial charge on any atom is 0.0104 e. The van der Waals surface area contributed by atoms with E-state index in [2.05, 4.69) is 51.2 Å². The van der Waals surface area contributed by atoms with Crippen molar-refractivity contribution in [1.29, 1.82) is 0 Å². The standard InChI is InChI=1S/C16H25N/c1-5-8-17-16-10-15(13(16)4)14-7-6-11(2)9-12(14)3/h6-7,9,13,15-17H,5,8,10H2,1-4H3. The first-order valence-corrected chi connectivity index (χ1v) is 6.94. The Morgan fingerprint density at radius 2 is 2.06 bits per heavy atom. The fourth-order valence-electron chi connectivity index (χ4n) is 3.04. The summed E-state index contributed by atoms with van der Waals surface area (Å²) >= 11 is 0. The molecule has 0 amide bonds. The van der Waals surface area contributed by atoms with Crippen LogP contribution in [0.5, 0.6) is 0 Å². The summed E-state index contributed by atoms with van der Waals surface area (Å²) in [7, 11) is 0. The first kappa shape index (κ1) is 12.6. The lowest BCUT2D eigenvalue weighted by molar-refractivity contribution is 0.184. The van der Waals surface area contributed by atoms with Crippen molar-refractivity contribution in [3.05, 3.63) is 34.9 Å². The summed E-state index contributed by atoms with van der Waals surface area (Å²) < 4.78 is 0. The number of hydrogen-bond acceptors (Lipinski definition) is 1. The quantitative estimate of drug-likeness (QED) is 0.831. The predicted octanol–water partition coefficient (Wildman–Crippen LogP) is 3.80. The highest BCUT2D eigenvalue weighted by Gasteiger charge is 2.38. The zero-order valence-corrected chi connectivity index (χ0v) is 11.6. The van der Waals surface area contributed by atoms with E-state index in [0.29, 0.717) is 0 Å². The van der Waals surface area contributed by atoms with E-state index in [4.69, 9.17) is 0 Å². The van der Waals surface area contributed by atoms with E-state index in [0.717, 1.165) is 24.4 Å². The molecule has 0 spiro atoms. The van der Waals surface area contributed by atoms with Crippen LogP contribution in [0, 0.1) is 19.8 Å². The Bertz CT molecular complexity index is 383. The molecule has 3 atom stereocenters. The van der Waals surface area contributed by atoms with E-state index >= 15 is 0 Å². The second-order valence-corrected chi connectivity index (χ2v) is 5.62. The zero-order valence-electron chi connectivity index (χ0n) is 11.6. The molecule has 94 valence electrons. The number of rotatable bonds is 4. The summed E-state index contributed by atoms with van der Waals surface area (Å²) in [6.45, 7) is 10.2. The van der Waals surface area contributed by atoms with Gasteiger partial charge in [0.2, 0.25) is 0 Å². The van der Waals surface area contributed by atoms with Crippen molar-refractivity contribution < 1.29 is 0 Å². The minimum absolute atomic E-state index is 0.737. The molecule has 0 saturated heterocycles. The normalized spacial score (nSPS) is 27.9. The Kier molecular flexibility index (Phi) is 3.88. The van der Waals surface area contributed by atoms with Gasteiger partial charge in [-0.05, 0) is 56.2 Å². The van der Waals surface area contributed by atoms with E-state index < -0.39 is 0 Å². The zero-order chi connectivity index (χ0) is 12.4. The van der Waals surface area contributed by atoms with Gasteiger partial charge in [-0.25, -0.2) is 0 Å². The highest BCUT2D eigenvalue weighted by molar-refractivity contribution is 5.35. The second-order valence-electron chi connectivity index (χ2n) is 5.62. The summed E-state index contributed by atoms with van der Waals surface area (Å²) in [4.78, 5) is 0. The van der Waals surface area contributed by atoms with Crippen LogP contribution in [0.25, 0.3) is 0 Å². The van der Waals surface area contributed by atoms with Crippen molar-refractivity contribution in [3.63, 3.8) is 0 Å². The van der Waals surface area contributed by atoms with Crippen molar-refractivity contribution in [2.24, 2.45) is 5.92 Å². The molecule has 1 N–H and O–H groups in total. The third kappa shape index (κ3) is 2.55. The van der Waals surface area contributed by atoms with Gasteiger partial charge in [0, 0.05) is 6.04 Å². The number of benzene rings is 1. The molecule has 17 heavy (non-hydrogen) atoms. The monoisotopic (exact) mass is 231 g/mol. The average Bonchev–Trinajstić information content (AvgIpc) is 2.30. The number of hydrogen-bond donors (Lipinski definition) is 1. The molecule has 2 rings (SSSR count). The van der Waals surface area contributed by atoms with Crippen LogP contribution in [-0.2, 0) is 0 Å². The molecule has 0 aliphatic heterocycles. The highest BCUT2D eigenvalue weighted by atomic mass is 14.9. The van der Waals surface area contributed by atoms with Gasteiger partial charge in [-0.2, -0.15) is 0 Å². The van der Waals surface area contributed by atoms with Crippen LogP contribution >= 0.6 is 0 Å². The van der Waals surface area contributed by atoms with Crippen molar-refractivity contribution in [3.8, 4) is 0 Å². The highest BCUT2D eigenvalue weighted by Crippen LogP contribution is 2.43. The van der Waals surface area contributed by atoms with Crippen LogP contribution in [0.4, 0.5) is 0 Å². The Balaban J connectivity index is 2.01. The lowest BCUT2D eigenvalue weighted by Gasteiger charge is -2.44. The first-order chi connectivity index (χ1) is 8.13. The van der Waals surface area contributed by atoms with E-state index in [1.807, 2.05) is 0 Å². The van der Waals surface area contributed by atoms with Gasteiger partial charge >= 0.3 is 0 Å². The molecule has 1 aromatic carbocycles. The molecule has 1 fully saturated rings. The summed E-state index contributed by atoms with van der Waals surface area (Å²) in [5, 5.41) is 3.65. The molecular weight excluding hydrogens is 206 g/mol. The van der Waals surface area contributed by atoms with Crippen LogP contribution < -0.4 is 5.32 Å². The largest absolute Gasteiger partial charge is 0.314 e. The number of nitrogens with one attached hydrogen (secondary N) is 1. The molecular formula is C16H25N. The van der Waals surface area contributed by atoms with Crippen molar-refractivity contribution in [2.45, 2.75) is 52.5 Å². The van der Waals surface area contributed by atoms with Gasteiger partial charge in [0.05, 0.1) is 0 Å². The van der Waals surface area contributed by atoms with Gasteiger partial charge in [-0.15, -0.1) is 0 Å². The van der Waals surface area contributed by atoms with Crippen LogP contribution in [0.3, 0.4) is 0 Å². The topological polar surface area (TPSA) is 12.0 Å². The van der Waals surface area contributed by atoms with Crippen LogP contribution in [0.15, 0.2) is 18.2 Å². The average molecular weight is 231 g/mol. The van der Waals surface area contributed by atoms with Crippen LogP contribution in [0.1, 0.15) is 49.3 Å². The molecule has 1 heteroatoms. The smallest absolute Gasteiger partial charge is 0.0104 e. The molecule has 1 aliphatic rings. The second kappa shape index (κ2) is 5.22. The molecule has 1 saturated carbocycles. The SMILES string of the molecule is CCCNC1CC(c2ccc(C)cc2C)C1C. The lowest BCUT2D eigenvalue weighted by Crippen LogP contribution is -2.48. The summed E-state index contributed by atoms with van der Waals surface area (Å²) in [6, 6.07) is 7.64. The third-order valence-electron chi connectivity index (χ3n) is 4.26. The van der Waals surface area contributed by atoms with Crippen molar-refractivity contribution in [2.75, 3.05) is 6.54 Å². The summed E-state index contributed by atoms with van der Waals surface area (Å²) in [5.41, 5.74) is 4.41. The fourth-order valence-corrected chi connectivity index (χ4v) is 3.04. The van der Waals surface area contributed by atoms with Gasteiger partial charge < -0.3 is 5.32 Å². The van der Waals surface area contributed by atoms with E-state index in [1.165, 1.54) is 24.0 Å². The molecule has 1 aliphatic carbocycles. The minimum Gasteiger partial charge on any atom is -0.314 e. The Labute approximate surface area is 106 Å². The Morgan fingerprint density at radius 1 is 1.29 bits per heavy atom. The molecule has 1 aromatic rings. The molecule has 3 unspecified atom stereocenters. The lowest BCUT2D eigenvalue weighted by atomic mass is 9.66. The van der Waals surface area contributed by atoms with Crippen LogP contribution in [-0.4, -0.2) is 12.6 Å². The molecule has 1 nitrogen and oxygen atoms in total. The Hall–Kier alpha value is -0.820. The maximum absolute atomic E-state index is 3.65. The van der Waals surface area contributed by atoms with Gasteiger partial charge in [0.1, 0.15) is 0 Å². The Morgan fingerprint density at radius 3 is 2.65 bits per heavy atom. The molecule has 0 bridgehead atoms. The van der Waals surface area contributed by atoms with Crippen molar-refractivity contribution in [1.82, 2.24) is 5.32 Å². The van der Waals surface area contributed by atoms with Crippen molar-refractivity contribution >= 4 is 0 Å². The maximum atomic E-state index is 3.65. The number of aryl methyl sites for hydroxylation is 2. The first-order valence-electron chi connectivity index (χ1n) is 6.94. The summed E-state index contributed by atoms with van der Waals surface area (Å²) in [5.74, 6) is 1.55. The molecule has 0 radical (unpaired) electrons. The minimum atomic E-state index is 0.737. The van der Waals surface area contributed by atoms with Gasteiger partial charge in [0.15, 0.2) is 0 Å². The fraction of sp³-hybridized carbons (Fsp3) is 0.625. The third-order valence-corrected chi connectivity index (χ3v) is 4.26. The van der Waals surface area contributed by atoms with Gasteiger partial charge in [-0.3, -0.25) is 0 Å². The van der Waals surface area contributed by atoms with E-state index in [1.54, 1.807) is 5.56 Å².